The summed E-state index contributed by atoms with van der Waals surface area (Å²) in [6, 6.07) is 12.6. The number of hydrogen-bond acceptors (Lipinski definition) is 5. The van der Waals surface area contributed by atoms with Crippen molar-refractivity contribution in [3.63, 3.8) is 0 Å². The van der Waals surface area contributed by atoms with Crippen LogP contribution in [0.25, 0.3) is 0 Å². The third kappa shape index (κ3) is 4.79. The molecule has 0 unspecified atom stereocenters. The van der Waals surface area contributed by atoms with Crippen LogP contribution >= 0.6 is 0 Å². The minimum absolute atomic E-state index is 0.0126. The highest BCUT2D eigenvalue weighted by Gasteiger charge is 2.24. The number of piperidine rings is 1. The van der Waals surface area contributed by atoms with Crippen LogP contribution in [0.1, 0.15) is 48.0 Å². The van der Waals surface area contributed by atoms with Crippen molar-refractivity contribution in [2.24, 2.45) is 0 Å². The molecular formula is C23H28N4O3. The molecule has 0 aromatic heterocycles. The van der Waals surface area contributed by atoms with E-state index in [-0.39, 0.29) is 11.6 Å². The van der Waals surface area contributed by atoms with E-state index in [9.17, 15) is 14.9 Å². The van der Waals surface area contributed by atoms with E-state index in [4.69, 9.17) is 0 Å². The highest BCUT2D eigenvalue weighted by atomic mass is 16.6. The lowest BCUT2D eigenvalue weighted by atomic mass is 10.1. The maximum Gasteiger partial charge on any atom is 0.293 e. The summed E-state index contributed by atoms with van der Waals surface area (Å²) >= 11 is 0. The van der Waals surface area contributed by atoms with Crippen molar-refractivity contribution in [1.29, 1.82) is 0 Å². The fourth-order valence-electron chi connectivity index (χ4n) is 4.31. The number of carbonyl (C=O) groups excluding carboxylic acids is 1. The van der Waals surface area contributed by atoms with Gasteiger partial charge in [0.2, 0.25) is 0 Å². The van der Waals surface area contributed by atoms with Gasteiger partial charge in [0.05, 0.1) is 4.92 Å². The smallest absolute Gasteiger partial charge is 0.293 e. The predicted molar refractivity (Wildman–Crippen MR) is 118 cm³/mol. The second-order valence-corrected chi connectivity index (χ2v) is 8.14. The number of rotatable bonds is 6. The van der Waals surface area contributed by atoms with Crippen LogP contribution in [0.4, 0.5) is 17.1 Å². The average molecular weight is 409 g/mol. The van der Waals surface area contributed by atoms with Crippen LogP contribution in [0.3, 0.4) is 0 Å². The number of benzene rings is 2. The van der Waals surface area contributed by atoms with Gasteiger partial charge >= 0.3 is 0 Å². The highest BCUT2D eigenvalue weighted by Crippen LogP contribution is 2.32. The minimum atomic E-state index is -0.403. The van der Waals surface area contributed by atoms with Gasteiger partial charge in [-0.25, -0.2) is 0 Å². The number of carbonyl (C=O) groups is 1. The molecule has 0 saturated carbocycles. The Bertz CT molecular complexity index is 901. The Morgan fingerprint density at radius 1 is 0.933 bits per heavy atom. The standard InChI is InChI=1S/C23H28N4O3/c28-23(19-8-11-21(22(16-19)27(29)30)26-14-4-5-15-26)24-20-9-6-18(7-10-20)17-25-12-2-1-3-13-25/h6-11,16H,1-5,12-15,17H2,(H,24,28). The van der Waals surface area contributed by atoms with Gasteiger partial charge in [0.15, 0.2) is 0 Å². The van der Waals surface area contributed by atoms with Crippen molar-refractivity contribution < 1.29 is 9.72 Å². The van der Waals surface area contributed by atoms with E-state index in [0.717, 1.165) is 45.6 Å². The van der Waals surface area contributed by atoms with Crippen molar-refractivity contribution in [3.05, 3.63) is 63.7 Å². The highest BCUT2D eigenvalue weighted by molar-refractivity contribution is 6.05. The van der Waals surface area contributed by atoms with E-state index in [0.29, 0.717) is 16.9 Å². The average Bonchev–Trinajstić information content (AvgIpc) is 3.30. The number of likely N-dealkylation sites (tertiary alicyclic amines) is 1. The normalized spacial score (nSPS) is 17.1. The molecule has 0 atom stereocenters. The summed E-state index contributed by atoms with van der Waals surface area (Å²) in [4.78, 5) is 28.3. The van der Waals surface area contributed by atoms with E-state index in [2.05, 4.69) is 10.2 Å². The molecule has 1 amide bonds. The summed E-state index contributed by atoms with van der Waals surface area (Å²) in [6.07, 6.45) is 5.91. The first kappa shape index (κ1) is 20.3. The molecule has 0 bridgehead atoms. The topological polar surface area (TPSA) is 78.7 Å². The van der Waals surface area contributed by atoms with E-state index in [1.807, 2.05) is 29.2 Å². The number of anilines is 2. The molecule has 4 rings (SSSR count). The Morgan fingerprint density at radius 3 is 2.27 bits per heavy atom. The lowest BCUT2D eigenvalue weighted by molar-refractivity contribution is -0.384. The fourth-order valence-corrected chi connectivity index (χ4v) is 4.31. The van der Waals surface area contributed by atoms with Crippen LogP contribution in [0, 0.1) is 10.1 Å². The third-order valence-corrected chi connectivity index (χ3v) is 5.95. The lowest BCUT2D eigenvalue weighted by Gasteiger charge is -2.26. The van der Waals surface area contributed by atoms with Crippen molar-refractivity contribution >= 4 is 23.0 Å². The second kappa shape index (κ2) is 9.26. The first-order chi connectivity index (χ1) is 14.6. The first-order valence-corrected chi connectivity index (χ1v) is 10.8. The summed E-state index contributed by atoms with van der Waals surface area (Å²) in [5.41, 5.74) is 2.79. The molecule has 2 aromatic carbocycles. The van der Waals surface area contributed by atoms with Gasteiger partial charge in [-0.2, -0.15) is 0 Å². The van der Waals surface area contributed by atoms with Crippen LogP contribution in [0.5, 0.6) is 0 Å². The van der Waals surface area contributed by atoms with Gasteiger partial charge < -0.3 is 10.2 Å². The van der Waals surface area contributed by atoms with Crippen LogP contribution < -0.4 is 10.2 Å². The zero-order chi connectivity index (χ0) is 20.9. The Labute approximate surface area is 176 Å². The number of nitrogens with zero attached hydrogens (tertiary/aromatic N) is 3. The summed E-state index contributed by atoms with van der Waals surface area (Å²) in [7, 11) is 0. The molecule has 2 aliphatic rings. The molecule has 2 heterocycles. The lowest BCUT2D eigenvalue weighted by Crippen LogP contribution is -2.29. The van der Waals surface area contributed by atoms with Crippen molar-refractivity contribution in [2.75, 3.05) is 36.4 Å². The van der Waals surface area contributed by atoms with Gasteiger partial charge in [0, 0.05) is 37.0 Å². The van der Waals surface area contributed by atoms with Crippen LogP contribution in [0.2, 0.25) is 0 Å². The van der Waals surface area contributed by atoms with Crippen LogP contribution in [0.15, 0.2) is 42.5 Å². The molecule has 1 N–H and O–H groups in total. The molecule has 158 valence electrons. The first-order valence-electron chi connectivity index (χ1n) is 10.8. The third-order valence-electron chi connectivity index (χ3n) is 5.95. The van der Waals surface area contributed by atoms with Crippen molar-refractivity contribution in [1.82, 2.24) is 4.90 Å². The maximum atomic E-state index is 12.7. The van der Waals surface area contributed by atoms with Gasteiger partial charge in [-0.1, -0.05) is 18.6 Å². The van der Waals surface area contributed by atoms with Gasteiger partial charge in [0.25, 0.3) is 11.6 Å². The SMILES string of the molecule is O=C(Nc1ccc(CN2CCCCC2)cc1)c1ccc(N2CCCC2)c([N+](=O)[O-])c1. The maximum absolute atomic E-state index is 12.7. The van der Waals surface area contributed by atoms with Gasteiger partial charge in [0.1, 0.15) is 5.69 Å². The molecule has 0 radical (unpaired) electrons. The van der Waals surface area contributed by atoms with Gasteiger partial charge in [-0.3, -0.25) is 19.8 Å². The van der Waals surface area contributed by atoms with E-state index in [1.54, 1.807) is 12.1 Å². The molecule has 2 fully saturated rings. The molecule has 0 spiro atoms. The number of nitro benzene ring substituents is 1. The van der Waals surface area contributed by atoms with Crippen molar-refractivity contribution in [3.8, 4) is 0 Å². The zero-order valence-electron chi connectivity index (χ0n) is 17.2. The Kier molecular flexibility index (Phi) is 6.28. The Hall–Kier alpha value is -2.93. The zero-order valence-corrected chi connectivity index (χ0v) is 17.2. The van der Waals surface area contributed by atoms with E-state index in [1.165, 1.54) is 30.9 Å². The molecule has 2 aromatic rings. The number of hydrogen-bond donors (Lipinski definition) is 1. The number of amides is 1. The minimum Gasteiger partial charge on any atom is -0.366 e. The molecule has 2 aliphatic heterocycles. The largest absolute Gasteiger partial charge is 0.366 e. The molecular weight excluding hydrogens is 380 g/mol. The predicted octanol–water partition coefficient (Wildman–Crippen LogP) is 4.43. The summed E-state index contributed by atoms with van der Waals surface area (Å²) in [6.45, 7) is 4.85. The Morgan fingerprint density at radius 2 is 1.60 bits per heavy atom. The molecule has 30 heavy (non-hydrogen) atoms. The summed E-state index contributed by atoms with van der Waals surface area (Å²) in [5, 5.41) is 14.4. The van der Waals surface area contributed by atoms with Crippen LogP contribution in [-0.2, 0) is 6.54 Å². The number of nitrogens with one attached hydrogen (secondary N) is 1. The van der Waals surface area contributed by atoms with Gasteiger partial charge in [-0.15, -0.1) is 0 Å². The summed E-state index contributed by atoms with van der Waals surface area (Å²) in [5.74, 6) is -0.338. The molecule has 7 nitrogen and oxygen atoms in total. The Balaban J connectivity index is 1.42. The second-order valence-electron chi connectivity index (χ2n) is 8.14. The molecule has 2 saturated heterocycles. The quantitative estimate of drug-likeness (QED) is 0.565. The molecule has 7 heteroatoms. The number of nitro groups is 1. The van der Waals surface area contributed by atoms with Crippen molar-refractivity contribution in [2.45, 2.75) is 38.6 Å². The van der Waals surface area contributed by atoms with Gasteiger partial charge in [-0.05, 0) is 68.6 Å². The fraction of sp³-hybridized carbons (Fsp3) is 0.435. The van der Waals surface area contributed by atoms with E-state index >= 15 is 0 Å². The van der Waals surface area contributed by atoms with E-state index < -0.39 is 4.92 Å². The molecule has 0 aliphatic carbocycles. The van der Waals surface area contributed by atoms with Crippen LogP contribution in [-0.4, -0.2) is 41.9 Å². The summed E-state index contributed by atoms with van der Waals surface area (Å²) < 4.78 is 0. The monoisotopic (exact) mass is 408 g/mol.